The smallest absolute Gasteiger partial charge is 0.286 e. The summed E-state index contributed by atoms with van der Waals surface area (Å²) >= 11 is 0. The summed E-state index contributed by atoms with van der Waals surface area (Å²) in [7, 11) is 3.73. The quantitative estimate of drug-likeness (QED) is 0.424. The lowest BCUT2D eigenvalue weighted by atomic mass is 10.0. The fraction of sp³-hybridized carbons (Fsp3) is 0.333. The van der Waals surface area contributed by atoms with E-state index < -0.39 is 0 Å². The van der Waals surface area contributed by atoms with Gasteiger partial charge in [-0.2, -0.15) is 0 Å². The van der Waals surface area contributed by atoms with Crippen molar-refractivity contribution in [2.45, 2.75) is 25.3 Å². The standard InChI is InChI=1S/C21H25N5O/c1-25-10-4-5-16(25)11-15-13-23-19-9-8-14(12-17(15)19)18-6-3-7-20(24-18)21(27)26(2)22/h3,6-9,12-13,16,23H,4-5,10-11,22H2,1-2H3/t16-/m1/s1. The van der Waals surface area contributed by atoms with Crippen molar-refractivity contribution in [1.29, 1.82) is 0 Å². The van der Waals surface area contributed by atoms with Gasteiger partial charge >= 0.3 is 0 Å². The predicted molar refractivity (Wildman–Crippen MR) is 107 cm³/mol. The second-order valence-electron chi connectivity index (χ2n) is 7.38. The number of nitrogens with one attached hydrogen (secondary N) is 1. The number of benzene rings is 1. The van der Waals surface area contributed by atoms with E-state index in [1.807, 2.05) is 18.2 Å². The molecule has 1 atom stereocenters. The van der Waals surface area contributed by atoms with Crippen LogP contribution in [0.5, 0.6) is 0 Å². The van der Waals surface area contributed by atoms with Crippen LogP contribution in [0.4, 0.5) is 0 Å². The van der Waals surface area contributed by atoms with Crippen LogP contribution in [0.25, 0.3) is 22.2 Å². The molecule has 3 N–H and O–H groups in total. The molecule has 3 heterocycles. The third-order valence-electron chi connectivity index (χ3n) is 5.48. The molecule has 2 aromatic heterocycles. The highest BCUT2D eigenvalue weighted by molar-refractivity contribution is 5.93. The zero-order chi connectivity index (χ0) is 19.0. The Bertz CT molecular complexity index is 978. The van der Waals surface area contributed by atoms with Gasteiger partial charge in [0.1, 0.15) is 5.69 Å². The van der Waals surface area contributed by atoms with Gasteiger partial charge in [-0.15, -0.1) is 0 Å². The van der Waals surface area contributed by atoms with Crippen molar-refractivity contribution in [3.05, 3.63) is 53.9 Å². The molecule has 0 radical (unpaired) electrons. The normalized spacial score (nSPS) is 17.5. The Hall–Kier alpha value is -2.70. The lowest BCUT2D eigenvalue weighted by Crippen LogP contribution is -2.33. The molecule has 6 heteroatoms. The fourth-order valence-electron chi connectivity index (χ4n) is 3.89. The molecule has 0 aliphatic carbocycles. The number of aromatic nitrogens is 2. The van der Waals surface area contributed by atoms with Crippen LogP contribution in [0.3, 0.4) is 0 Å². The predicted octanol–water partition coefficient (Wildman–Crippen LogP) is 2.81. The lowest BCUT2D eigenvalue weighted by Gasteiger charge is -2.18. The van der Waals surface area contributed by atoms with Gasteiger partial charge in [-0.1, -0.05) is 12.1 Å². The van der Waals surface area contributed by atoms with E-state index in [0.717, 1.165) is 28.2 Å². The second-order valence-corrected chi connectivity index (χ2v) is 7.38. The molecule has 1 aliphatic rings. The van der Waals surface area contributed by atoms with Gasteiger partial charge in [-0.3, -0.25) is 9.80 Å². The molecular formula is C21H25N5O. The Balaban J connectivity index is 1.68. The first-order valence-electron chi connectivity index (χ1n) is 9.33. The van der Waals surface area contributed by atoms with Crippen LogP contribution in [0.1, 0.15) is 28.9 Å². The number of pyridine rings is 1. The number of amides is 1. The molecule has 1 aliphatic heterocycles. The monoisotopic (exact) mass is 363 g/mol. The first-order valence-corrected chi connectivity index (χ1v) is 9.33. The molecule has 1 aromatic carbocycles. The summed E-state index contributed by atoms with van der Waals surface area (Å²) in [4.78, 5) is 22.4. The summed E-state index contributed by atoms with van der Waals surface area (Å²) in [5, 5.41) is 2.28. The average Bonchev–Trinajstić information content (AvgIpc) is 3.27. The Morgan fingerprint density at radius 2 is 2.22 bits per heavy atom. The molecule has 0 unspecified atom stereocenters. The Labute approximate surface area is 159 Å². The highest BCUT2D eigenvalue weighted by atomic mass is 16.2. The van der Waals surface area contributed by atoms with Crippen LogP contribution in [-0.2, 0) is 6.42 Å². The van der Waals surface area contributed by atoms with E-state index in [1.54, 1.807) is 6.07 Å². The summed E-state index contributed by atoms with van der Waals surface area (Å²) < 4.78 is 0. The van der Waals surface area contributed by atoms with Gasteiger partial charge in [0.2, 0.25) is 0 Å². The first kappa shape index (κ1) is 17.7. The third kappa shape index (κ3) is 3.46. The largest absolute Gasteiger partial charge is 0.361 e. The van der Waals surface area contributed by atoms with Crippen molar-refractivity contribution >= 4 is 16.8 Å². The Morgan fingerprint density at radius 3 is 2.96 bits per heavy atom. The number of hydrogen-bond donors (Lipinski definition) is 2. The van der Waals surface area contributed by atoms with Gasteiger partial charge in [0.05, 0.1) is 5.69 Å². The van der Waals surface area contributed by atoms with E-state index in [1.165, 1.54) is 37.4 Å². The van der Waals surface area contributed by atoms with E-state index in [2.05, 4.69) is 40.2 Å². The van der Waals surface area contributed by atoms with E-state index in [0.29, 0.717) is 11.7 Å². The summed E-state index contributed by atoms with van der Waals surface area (Å²) in [6, 6.07) is 12.3. The molecule has 4 rings (SSSR count). The summed E-state index contributed by atoms with van der Waals surface area (Å²) in [6.07, 6.45) is 5.69. The molecule has 0 spiro atoms. The molecule has 1 saturated heterocycles. The number of hydrazine groups is 1. The minimum absolute atomic E-state index is 0.301. The number of nitrogens with zero attached hydrogens (tertiary/aromatic N) is 3. The molecular weight excluding hydrogens is 338 g/mol. The average molecular weight is 363 g/mol. The van der Waals surface area contributed by atoms with Crippen molar-refractivity contribution in [1.82, 2.24) is 19.9 Å². The molecule has 1 amide bonds. The van der Waals surface area contributed by atoms with Gasteiger partial charge in [0.15, 0.2) is 0 Å². The zero-order valence-corrected chi connectivity index (χ0v) is 15.8. The summed E-state index contributed by atoms with van der Waals surface area (Å²) in [5.41, 5.74) is 4.58. The number of carbonyl (C=O) groups is 1. The van der Waals surface area contributed by atoms with Crippen molar-refractivity contribution in [3.63, 3.8) is 0 Å². The number of aromatic amines is 1. The van der Waals surface area contributed by atoms with Gasteiger partial charge in [-0.05, 0) is 62.7 Å². The van der Waals surface area contributed by atoms with Crippen molar-refractivity contribution in [2.75, 3.05) is 20.6 Å². The maximum atomic E-state index is 12.1. The number of likely N-dealkylation sites (tertiary alicyclic amines) is 1. The van der Waals surface area contributed by atoms with Crippen LogP contribution >= 0.6 is 0 Å². The van der Waals surface area contributed by atoms with Crippen LogP contribution in [-0.4, -0.2) is 52.5 Å². The number of nitrogens with two attached hydrogens (primary N) is 1. The molecule has 1 fully saturated rings. The SMILES string of the molecule is CN(N)C(=O)c1cccc(-c2ccc3[nH]cc(C[C@H]4CCCN4C)c3c2)n1. The maximum absolute atomic E-state index is 12.1. The molecule has 3 aromatic rings. The molecule has 140 valence electrons. The van der Waals surface area contributed by atoms with E-state index in [9.17, 15) is 4.79 Å². The van der Waals surface area contributed by atoms with Crippen LogP contribution in [0.15, 0.2) is 42.6 Å². The number of H-pyrrole nitrogens is 1. The number of rotatable bonds is 4. The van der Waals surface area contributed by atoms with E-state index in [-0.39, 0.29) is 5.91 Å². The van der Waals surface area contributed by atoms with Gasteiger partial charge < -0.3 is 9.88 Å². The number of likely N-dealkylation sites (N-methyl/N-ethyl adjacent to an activating group) is 1. The summed E-state index contributed by atoms with van der Waals surface area (Å²) in [6.45, 7) is 1.18. The highest BCUT2D eigenvalue weighted by Gasteiger charge is 2.22. The molecule has 0 bridgehead atoms. The van der Waals surface area contributed by atoms with Crippen molar-refractivity contribution in [3.8, 4) is 11.3 Å². The van der Waals surface area contributed by atoms with Crippen LogP contribution in [0.2, 0.25) is 0 Å². The highest BCUT2D eigenvalue weighted by Crippen LogP contribution is 2.28. The number of carbonyl (C=O) groups excluding carboxylic acids is 1. The zero-order valence-electron chi connectivity index (χ0n) is 15.8. The van der Waals surface area contributed by atoms with Gasteiger partial charge in [-0.25, -0.2) is 10.8 Å². The van der Waals surface area contributed by atoms with Crippen molar-refractivity contribution in [2.24, 2.45) is 5.84 Å². The van der Waals surface area contributed by atoms with Gasteiger partial charge in [0.25, 0.3) is 5.91 Å². The lowest BCUT2D eigenvalue weighted by molar-refractivity contribution is 0.0789. The Kier molecular flexibility index (Phi) is 4.68. The fourth-order valence-corrected chi connectivity index (χ4v) is 3.89. The van der Waals surface area contributed by atoms with Gasteiger partial charge in [0, 0.05) is 35.8 Å². The van der Waals surface area contributed by atoms with Crippen LogP contribution < -0.4 is 5.84 Å². The minimum atomic E-state index is -0.301. The molecule has 27 heavy (non-hydrogen) atoms. The second kappa shape index (κ2) is 7.13. The summed E-state index contributed by atoms with van der Waals surface area (Å²) in [5.74, 6) is 5.26. The maximum Gasteiger partial charge on any atom is 0.286 e. The molecule has 0 saturated carbocycles. The van der Waals surface area contributed by atoms with E-state index in [4.69, 9.17) is 5.84 Å². The number of fused-ring (bicyclic) bond motifs is 1. The van der Waals surface area contributed by atoms with Crippen molar-refractivity contribution < 1.29 is 4.79 Å². The minimum Gasteiger partial charge on any atom is -0.361 e. The topological polar surface area (TPSA) is 78.2 Å². The van der Waals surface area contributed by atoms with E-state index >= 15 is 0 Å². The van der Waals surface area contributed by atoms with Crippen LogP contribution in [0, 0.1) is 0 Å². The first-order chi connectivity index (χ1) is 13.0. The third-order valence-corrected chi connectivity index (χ3v) is 5.48. The Morgan fingerprint density at radius 1 is 1.37 bits per heavy atom. The number of hydrogen-bond acceptors (Lipinski definition) is 4. The molecule has 6 nitrogen and oxygen atoms in total.